The van der Waals surface area contributed by atoms with E-state index >= 15 is 0 Å². The summed E-state index contributed by atoms with van der Waals surface area (Å²) in [5.74, 6) is 1.00. The van der Waals surface area contributed by atoms with E-state index in [2.05, 4.69) is 33.8 Å². The first-order valence-electron chi connectivity index (χ1n) is 6.94. The molecular weight excluding hydrogens is 316 g/mol. The van der Waals surface area contributed by atoms with Gasteiger partial charge in [-0.25, -0.2) is 4.98 Å². The van der Waals surface area contributed by atoms with Gasteiger partial charge in [0.15, 0.2) is 0 Å². The van der Waals surface area contributed by atoms with Crippen LogP contribution in [0, 0.1) is 0 Å². The van der Waals surface area contributed by atoms with E-state index in [1.54, 1.807) is 11.8 Å². The van der Waals surface area contributed by atoms with E-state index in [-0.39, 0.29) is 5.56 Å². The third-order valence-electron chi connectivity index (χ3n) is 3.18. The van der Waals surface area contributed by atoms with Crippen LogP contribution < -0.4 is 10.9 Å². The summed E-state index contributed by atoms with van der Waals surface area (Å²) in [6, 6.07) is 9.75. The second-order valence-corrected chi connectivity index (χ2v) is 6.62. The van der Waals surface area contributed by atoms with E-state index in [0.29, 0.717) is 10.1 Å². The molecular formula is C15H16N4OS2. The zero-order valence-electron chi connectivity index (χ0n) is 12.4. The molecule has 22 heavy (non-hydrogen) atoms. The number of benzene rings is 1. The van der Waals surface area contributed by atoms with Gasteiger partial charge in [0.1, 0.15) is 0 Å². The van der Waals surface area contributed by atoms with Crippen molar-refractivity contribution in [1.82, 2.24) is 14.6 Å². The van der Waals surface area contributed by atoms with Crippen LogP contribution in [0.3, 0.4) is 0 Å². The summed E-state index contributed by atoms with van der Waals surface area (Å²) < 4.78 is 1.34. The van der Waals surface area contributed by atoms with Crippen molar-refractivity contribution in [2.45, 2.75) is 19.1 Å². The van der Waals surface area contributed by atoms with Crippen LogP contribution in [0.1, 0.15) is 18.2 Å². The second kappa shape index (κ2) is 6.50. The van der Waals surface area contributed by atoms with Crippen molar-refractivity contribution < 1.29 is 0 Å². The van der Waals surface area contributed by atoms with Crippen LogP contribution in [-0.4, -0.2) is 20.9 Å². The first-order valence-corrected chi connectivity index (χ1v) is 9.15. The van der Waals surface area contributed by atoms with Crippen LogP contribution in [0.4, 0.5) is 10.8 Å². The Hall–Kier alpha value is -1.86. The Morgan fingerprint density at radius 2 is 2.09 bits per heavy atom. The molecule has 0 spiro atoms. The number of anilines is 2. The molecule has 3 rings (SSSR count). The Morgan fingerprint density at radius 3 is 2.77 bits per heavy atom. The normalized spacial score (nSPS) is 11.0. The van der Waals surface area contributed by atoms with Crippen LogP contribution >= 0.6 is 23.1 Å². The number of aromatic nitrogens is 3. The zero-order chi connectivity index (χ0) is 15.5. The Balaban J connectivity index is 1.87. The van der Waals surface area contributed by atoms with Gasteiger partial charge in [0.2, 0.25) is 10.1 Å². The molecule has 0 atom stereocenters. The number of hydrogen-bond donors (Lipinski definition) is 1. The first kappa shape index (κ1) is 15.1. The molecule has 5 nitrogen and oxygen atoms in total. The Kier molecular flexibility index (Phi) is 4.44. The van der Waals surface area contributed by atoms with Gasteiger partial charge in [-0.1, -0.05) is 30.4 Å². The number of fused-ring (bicyclic) bond motifs is 1. The first-order chi connectivity index (χ1) is 10.7. The van der Waals surface area contributed by atoms with E-state index in [1.807, 2.05) is 19.1 Å². The minimum absolute atomic E-state index is 0.138. The molecule has 0 amide bonds. The summed E-state index contributed by atoms with van der Waals surface area (Å²) in [6.07, 6.45) is 2.83. The minimum atomic E-state index is -0.138. The summed E-state index contributed by atoms with van der Waals surface area (Å²) in [6.45, 7) is 1.98. The highest BCUT2D eigenvalue weighted by Gasteiger charge is 2.08. The van der Waals surface area contributed by atoms with Gasteiger partial charge in [0.25, 0.3) is 5.56 Å². The summed E-state index contributed by atoms with van der Waals surface area (Å²) in [5, 5.41) is 8.18. The van der Waals surface area contributed by atoms with Crippen molar-refractivity contribution in [3.63, 3.8) is 0 Å². The van der Waals surface area contributed by atoms with Gasteiger partial charge < -0.3 is 5.32 Å². The molecule has 0 saturated heterocycles. The average molecular weight is 332 g/mol. The SMILES string of the molecule is CCc1cc(=O)n2nc(Nc3ccc(CSC)cc3)sc2n1. The number of hydrogen-bond acceptors (Lipinski definition) is 6. The molecule has 0 radical (unpaired) electrons. The maximum absolute atomic E-state index is 12.0. The van der Waals surface area contributed by atoms with E-state index in [1.165, 1.54) is 27.5 Å². The fourth-order valence-electron chi connectivity index (χ4n) is 2.06. The van der Waals surface area contributed by atoms with Crippen molar-refractivity contribution in [3.8, 4) is 0 Å². The Bertz CT molecular complexity index is 839. The van der Waals surface area contributed by atoms with E-state index in [9.17, 15) is 4.79 Å². The fraction of sp³-hybridized carbons (Fsp3) is 0.267. The third-order valence-corrected chi connectivity index (χ3v) is 4.62. The highest BCUT2D eigenvalue weighted by atomic mass is 32.2. The number of thioether (sulfide) groups is 1. The Morgan fingerprint density at radius 1 is 1.32 bits per heavy atom. The smallest absolute Gasteiger partial charge is 0.275 e. The standard InChI is InChI=1S/C15H16N4OS2/c1-3-11-8-13(20)19-15(17-11)22-14(18-19)16-12-6-4-10(5-7-12)9-21-2/h4-8H,3,9H2,1-2H3,(H,16,18). The molecule has 0 bridgehead atoms. The maximum atomic E-state index is 12.0. The summed E-state index contributed by atoms with van der Waals surface area (Å²) in [7, 11) is 0. The van der Waals surface area contributed by atoms with Gasteiger partial charge in [-0.05, 0) is 30.4 Å². The number of nitrogens with one attached hydrogen (secondary N) is 1. The number of rotatable bonds is 5. The molecule has 0 aliphatic rings. The highest BCUT2D eigenvalue weighted by Crippen LogP contribution is 2.22. The highest BCUT2D eigenvalue weighted by molar-refractivity contribution is 7.97. The summed E-state index contributed by atoms with van der Waals surface area (Å²) in [4.78, 5) is 17.0. The fourth-order valence-corrected chi connectivity index (χ4v) is 3.43. The quantitative estimate of drug-likeness (QED) is 0.777. The van der Waals surface area contributed by atoms with Crippen LogP contribution in [0.15, 0.2) is 35.1 Å². The molecule has 2 aromatic heterocycles. The molecule has 0 aliphatic heterocycles. The molecule has 7 heteroatoms. The third kappa shape index (κ3) is 3.15. The lowest BCUT2D eigenvalue weighted by molar-refractivity contribution is 0.879. The molecule has 2 heterocycles. The summed E-state index contributed by atoms with van der Waals surface area (Å²) >= 11 is 3.17. The van der Waals surface area contributed by atoms with Crippen molar-refractivity contribution in [3.05, 3.63) is 51.9 Å². The lowest BCUT2D eigenvalue weighted by Crippen LogP contribution is -2.15. The zero-order valence-corrected chi connectivity index (χ0v) is 14.0. The molecule has 0 saturated carbocycles. The molecule has 1 aromatic carbocycles. The van der Waals surface area contributed by atoms with Crippen molar-refractivity contribution in [2.24, 2.45) is 0 Å². The molecule has 0 unspecified atom stereocenters. The number of aryl methyl sites for hydroxylation is 1. The van der Waals surface area contributed by atoms with E-state index in [0.717, 1.165) is 23.6 Å². The van der Waals surface area contributed by atoms with Gasteiger partial charge in [0, 0.05) is 23.2 Å². The van der Waals surface area contributed by atoms with Crippen LogP contribution in [0.5, 0.6) is 0 Å². The van der Waals surface area contributed by atoms with E-state index < -0.39 is 0 Å². The van der Waals surface area contributed by atoms with Crippen LogP contribution in [0.25, 0.3) is 4.96 Å². The lowest BCUT2D eigenvalue weighted by Gasteiger charge is -2.03. The molecule has 1 N–H and O–H groups in total. The largest absolute Gasteiger partial charge is 0.330 e. The van der Waals surface area contributed by atoms with E-state index in [4.69, 9.17) is 0 Å². The van der Waals surface area contributed by atoms with Crippen molar-refractivity contribution in [1.29, 1.82) is 0 Å². The minimum Gasteiger partial charge on any atom is -0.330 e. The monoisotopic (exact) mass is 332 g/mol. The second-order valence-electron chi connectivity index (χ2n) is 4.80. The lowest BCUT2D eigenvalue weighted by atomic mass is 10.2. The van der Waals surface area contributed by atoms with Crippen molar-refractivity contribution in [2.75, 3.05) is 11.6 Å². The number of nitrogens with zero attached hydrogens (tertiary/aromatic N) is 3. The van der Waals surface area contributed by atoms with Gasteiger partial charge in [-0.15, -0.1) is 5.10 Å². The predicted octanol–water partition coefficient (Wildman–Crippen LogP) is 3.32. The molecule has 114 valence electrons. The van der Waals surface area contributed by atoms with Crippen LogP contribution in [0.2, 0.25) is 0 Å². The topological polar surface area (TPSA) is 59.3 Å². The van der Waals surface area contributed by atoms with Gasteiger partial charge in [-0.2, -0.15) is 16.3 Å². The Labute approximate surface area is 136 Å². The predicted molar refractivity (Wildman–Crippen MR) is 93.5 cm³/mol. The summed E-state index contributed by atoms with van der Waals surface area (Å²) in [5.41, 5.74) is 2.89. The molecule has 0 fully saturated rings. The average Bonchev–Trinajstić information content (AvgIpc) is 2.92. The molecule has 0 aliphatic carbocycles. The van der Waals surface area contributed by atoms with Crippen molar-refractivity contribution >= 4 is 38.9 Å². The molecule has 3 aromatic rings. The van der Waals surface area contributed by atoms with Gasteiger partial charge >= 0.3 is 0 Å². The van der Waals surface area contributed by atoms with Gasteiger partial charge in [0.05, 0.1) is 0 Å². The maximum Gasteiger partial charge on any atom is 0.275 e. The van der Waals surface area contributed by atoms with Crippen LogP contribution in [-0.2, 0) is 12.2 Å². The van der Waals surface area contributed by atoms with Gasteiger partial charge in [-0.3, -0.25) is 4.79 Å².